The number of benzene rings is 2. The third-order valence-corrected chi connectivity index (χ3v) is 5.66. The second kappa shape index (κ2) is 7.30. The molecular weight excluding hydrogens is 332 g/mol. The molecule has 142 valence electrons. The summed E-state index contributed by atoms with van der Waals surface area (Å²) in [7, 11) is 0. The summed E-state index contributed by atoms with van der Waals surface area (Å²) in [6.45, 7) is 10.8. The maximum absolute atomic E-state index is 6.06. The van der Waals surface area contributed by atoms with Crippen molar-refractivity contribution in [3.05, 3.63) is 77.3 Å². The standard InChI is InChI=1S/C24H30N2O/c1-17(2)21-11-8-12-22(18(3)4)24(21)25-14-23-26(16-25)20(15-27-23)13-19-9-6-5-7-10-19/h5-12,14,17-18,20H,13,15-16H2,1-4H3/t20-/m0/s1. The SMILES string of the molecule is CC(C)c1cccc(C(C)C)c1N1C=C2OC[C@H](Cc3ccccc3)N2C1. The molecule has 0 bridgehead atoms. The van der Waals surface area contributed by atoms with Crippen molar-refractivity contribution in [2.45, 2.75) is 52.0 Å². The molecule has 3 heteroatoms. The maximum Gasteiger partial charge on any atom is 0.208 e. The molecule has 27 heavy (non-hydrogen) atoms. The van der Waals surface area contributed by atoms with E-state index in [0.717, 1.165) is 25.6 Å². The second-order valence-electron chi connectivity index (χ2n) is 8.30. The van der Waals surface area contributed by atoms with Gasteiger partial charge in [-0.05, 0) is 34.9 Å². The molecule has 0 unspecified atom stereocenters. The van der Waals surface area contributed by atoms with Crippen LogP contribution in [0.5, 0.6) is 0 Å². The lowest BCUT2D eigenvalue weighted by atomic mass is 9.92. The fourth-order valence-electron chi connectivity index (χ4n) is 4.20. The minimum atomic E-state index is 0.400. The number of fused-ring (bicyclic) bond motifs is 1. The molecule has 0 N–H and O–H groups in total. The smallest absolute Gasteiger partial charge is 0.208 e. The van der Waals surface area contributed by atoms with Gasteiger partial charge in [-0.2, -0.15) is 0 Å². The molecular formula is C24H30N2O. The highest BCUT2D eigenvalue weighted by Gasteiger charge is 2.37. The van der Waals surface area contributed by atoms with Gasteiger partial charge in [0, 0.05) is 5.69 Å². The van der Waals surface area contributed by atoms with Gasteiger partial charge < -0.3 is 14.5 Å². The van der Waals surface area contributed by atoms with Crippen LogP contribution in [-0.2, 0) is 11.2 Å². The summed E-state index contributed by atoms with van der Waals surface area (Å²) in [5.41, 5.74) is 5.57. The number of hydrogen-bond acceptors (Lipinski definition) is 3. The Morgan fingerprint density at radius 2 is 1.59 bits per heavy atom. The van der Waals surface area contributed by atoms with Crippen molar-refractivity contribution in [2.24, 2.45) is 0 Å². The van der Waals surface area contributed by atoms with E-state index in [1.165, 1.54) is 22.4 Å². The lowest BCUT2D eigenvalue weighted by Crippen LogP contribution is -2.35. The van der Waals surface area contributed by atoms with Crippen molar-refractivity contribution >= 4 is 5.69 Å². The first kappa shape index (κ1) is 18.0. The van der Waals surface area contributed by atoms with Crippen molar-refractivity contribution in [2.75, 3.05) is 18.2 Å². The van der Waals surface area contributed by atoms with Crippen LogP contribution in [0.4, 0.5) is 5.69 Å². The molecule has 1 fully saturated rings. The largest absolute Gasteiger partial charge is 0.476 e. The Kier molecular flexibility index (Phi) is 4.86. The van der Waals surface area contributed by atoms with Gasteiger partial charge in [-0.3, -0.25) is 0 Å². The van der Waals surface area contributed by atoms with E-state index >= 15 is 0 Å². The fraction of sp³-hybridized carbons (Fsp3) is 0.417. The summed E-state index contributed by atoms with van der Waals surface area (Å²) in [6.07, 6.45) is 3.23. The molecule has 0 aromatic heterocycles. The third kappa shape index (κ3) is 3.43. The lowest BCUT2D eigenvalue weighted by molar-refractivity contribution is 0.245. The molecule has 3 nitrogen and oxygen atoms in total. The van der Waals surface area contributed by atoms with Gasteiger partial charge in [-0.15, -0.1) is 0 Å². The zero-order chi connectivity index (χ0) is 19.0. The van der Waals surface area contributed by atoms with Gasteiger partial charge in [0.05, 0.1) is 18.9 Å². The van der Waals surface area contributed by atoms with Crippen LogP contribution in [0.1, 0.15) is 56.2 Å². The summed E-state index contributed by atoms with van der Waals surface area (Å²) in [4.78, 5) is 4.82. The number of para-hydroxylation sites is 1. The van der Waals surface area contributed by atoms with Crippen LogP contribution >= 0.6 is 0 Å². The van der Waals surface area contributed by atoms with E-state index in [-0.39, 0.29) is 0 Å². The summed E-state index contributed by atoms with van der Waals surface area (Å²) >= 11 is 0. The first-order valence-electron chi connectivity index (χ1n) is 10.1. The minimum Gasteiger partial charge on any atom is -0.476 e. The van der Waals surface area contributed by atoms with E-state index in [0.29, 0.717) is 17.9 Å². The van der Waals surface area contributed by atoms with Crippen molar-refractivity contribution < 1.29 is 4.74 Å². The van der Waals surface area contributed by atoms with E-state index in [4.69, 9.17) is 4.74 Å². The summed E-state index contributed by atoms with van der Waals surface area (Å²) in [6, 6.07) is 17.9. The average Bonchev–Trinajstić information content (AvgIpc) is 3.23. The van der Waals surface area contributed by atoms with Gasteiger partial charge in [-0.1, -0.05) is 76.2 Å². The molecule has 2 aromatic carbocycles. The van der Waals surface area contributed by atoms with E-state index < -0.39 is 0 Å². The maximum atomic E-state index is 6.06. The number of ether oxygens (including phenoxy) is 1. The summed E-state index contributed by atoms with van der Waals surface area (Å²) < 4.78 is 6.06. The van der Waals surface area contributed by atoms with Gasteiger partial charge >= 0.3 is 0 Å². The molecule has 2 aliphatic rings. The van der Waals surface area contributed by atoms with Crippen LogP contribution in [0.3, 0.4) is 0 Å². The quantitative estimate of drug-likeness (QED) is 0.703. The highest BCUT2D eigenvalue weighted by molar-refractivity contribution is 5.64. The molecule has 1 atom stereocenters. The normalized spacial score (nSPS) is 18.9. The molecule has 1 saturated heterocycles. The third-order valence-electron chi connectivity index (χ3n) is 5.66. The fourth-order valence-corrected chi connectivity index (χ4v) is 4.20. The number of rotatable bonds is 5. The molecule has 4 rings (SSSR count). The van der Waals surface area contributed by atoms with Crippen LogP contribution in [0.2, 0.25) is 0 Å². The van der Waals surface area contributed by atoms with Crippen LogP contribution in [0.25, 0.3) is 0 Å². The molecule has 0 amide bonds. The number of hydrogen-bond donors (Lipinski definition) is 0. The van der Waals surface area contributed by atoms with Gasteiger partial charge in [0.15, 0.2) is 0 Å². The van der Waals surface area contributed by atoms with Gasteiger partial charge in [0.2, 0.25) is 5.88 Å². The predicted octanol–water partition coefficient (Wildman–Crippen LogP) is 5.45. The first-order valence-corrected chi connectivity index (χ1v) is 10.1. The van der Waals surface area contributed by atoms with Crippen LogP contribution in [0.15, 0.2) is 60.6 Å². The molecule has 0 spiro atoms. The highest BCUT2D eigenvalue weighted by Crippen LogP contribution is 2.39. The first-order chi connectivity index (χ1) is 13.0. The minimum absolute atomic E-state index is 0.400. The summed E-state index contributed by atoms with van der Waals surface area (Å²) in [5, 5.41) is 0. The Labute approximate surface area is 163 Å². The Balaban J connectivity index is 1.61. The van der Waals surface area contributed by atoms with E-state index in [1.807, 2.05) is 0 Å². The molecule has 2 aliphatic heterocycles. The Morgan fingerprint density at radius 1 is 0.926 bits per heavy atom. The predicted molar refractivity (Wildman–Crippen MR) is 112 cm³/mol. The number of anilines is 1. The lowest BCUT2D eigenvalue weighted by Gasteiger charge is -2.29. The zero-order valence-corrected chi connectivity index (χ0v) is 16.9. The molecule has 2 aromatic rings. The van der Waals surface area contributed by atoms with Gasteiger partial charge in [0.1, 0.15) is 6.61 Å². The van der Waals surface area contributed by atoms with Crippen molar-refractivity contribution in [1.82, 2.24) is 4.90 Å². The van der Waals surface area contributed by atoms with Crippen molar-refractivity contribution in [3.63, 3.8) is 0 Å². The van der Waals surface area contributed by atoms with Crippen LogP contribution < -0.4 is 4.90 Å². The Hall–Kier alpha value is -2.42. The topological polar surface area (TPSA) is 15.7 Å². The van der Waals surface area contributed by atoms with Gasteiger partial charge in [-0.25, -0.2) is 0 Å². The zero-order valence-electron chi connectivity index (χ0n) is 16.9. The average molecular weight is 363 g/mol. The second-order valence-corrected chi connectivity index (χ2v) is 8.30. The van der Waals surface area contributed by atoms with Gasteiger partial charge in [0.25, 0.3) is 0 Å². The van der Waals surface area contributed by atoms with E-state index in [9.17, 15) is 0 Å². The van der Waals surface area contributed by atoms with Crippen LogP contribution in [-0.4, -0.2) is 24.2 Å². The van der Waals surface area contributed by atoms with E-state index in [1.54, 1.807) is 0 Å². The van der Waals surface area contributed by atoms with Crippen LogP contribution in [0, 0.1) is 0 Å². The summed E-state index contributed by atoms with van der Waals surface area (Å²) in [5.74, 6) is 2.01. The monoisotopic (exact) mass is 362 g/mol. The highest BCUT2D eigenvalue weighted by atomic mass is 16.5. The van der Waals surface area contributed by atoms with Crippen molar-refractivity contribution in [3.8, 4) is 0 Å². The molecule has 0 aliphatic carbocycles. The Morgan fingerprint density at radius 3 is 2.22 bits per heavy atom. The molecule has 0 saturated carbocycles. The number of nitrogens with zero attached hydrogens (tertiary/aromatic N) is 2. The molecule has 0 radical (unpaired) electrons. The molecule has 2 heterocycles. The van der Waals surface area contributed by atoms with E-state index in [2.05, 4.69) is 92.2 Å². The van der Waals surface area contributed by atoms with Crippen molar-refractivity contribution in [1.29, 1.82) is 0 Å². The Bertz CT molecular complexity index is 799.